The van der Waals surface area contributed by atoms with Crippen LogP contribution in [0, 0.1) is 0 Å². The topological polar surface area (TPSA) is 100 Å². The van der Waals surface area contributed by atoms with Crippen molar-refractivity contribution < 1.29 is 28.2 Å². The third kappa shape index (κ3) is 7.61. The summed E-state index contributed by atoms with van der Waals surface area (Å²) in [6, 6.07) is 3.10. The predicted octanol–water partition coefficient (Wildman–Crippen LogP) is 4.96. The lowest BCUT2D eigenvalue weighted by molar-refractivity contribution is -0.142. The molecule has 1 heterocycles. The summed E-state index contributed by atoms with van der Waals surface area (Å²) in [6.45, 7) is 20.0. The molecule has 1 aromatic rings. The number of hydrogen-bond acceptors (Lipinski definition) is 7. The first-order chi connectivity index (χ1) is 16.8. The van der Waals surface area contributed by atoms with Gasteiger partial charge in [0.25, 0.3) is 5.91 Å². The predicted molar refractivity (Wildman–Crippen MR) is 145 cm³/mol. The number of amides is 1. The molecule has 2 N–H and O–H groups in total. The Bertz CT molecular complexity index is 970. The third-order valence-electron chi connectivity index (χ3n) is 6.77. The molecule has 9 heteroatoms. The van der Waals surface area contributed by atoms with Crippen molar-refractivity contribution >= 4 is 25.9 Å². The molecular formula is C27H42N2O6Si. The van der Waals surface area contributed by atoms with E-state index < -0.39 is 8.32 Å². The number of nitrogens with zero attached hydrogens (tertiary/aromatic N) is 1. The summed E-state index contributed by atoms with van der Waals surface area (Å²) in [5, 5.41) is 0.0803. The fraction of sp³-hybridized carbons (Fsp3) is 0.556. The number of nitrogen functional groups attached to an aromatic ring is 1. The van der Waals surface area contributed by atoms with Gasteiger partial charge in [-0.25, -0.2) is 0 Å². The van der Waals surface area contributed by atoms with Gasteiger partial charge in [0.05, 0.1) is 31.9 Å². The fourth-order valence-corrected chi connectivity index (χ4v) is 4.64. The van der Waals surface area contributed by atoms with Crippen molar-refractivity contribution in [2.24, 2.45) is 0 Å². The van der Waals surface area contributed by atoms with E-state index in [-0.39, 0.29) is 42.6 Å². The van der Waals surface area contributed by atoms with Gasteiger partial charge in [-0.05, 0) is 37.0 Å². The molecule has 0 saturated carbocycles. The number of esters is 1. The van der Waals surface area contributed by atoms with E-state index in [1.807, 2.05) is 0 Å². The number of carbonyl (C=O) groups is 2. The molecule has 1 aliphatic rings. The number of ether oxygens (including phenoxy) is 3. The normalized spacial score (nSPS) is 16.1. The molecule has 1 aliphatic heterocycles. The summed E-state index contributed by atoms with van der Waals surface area (Å²) in [6.07, 6.45) is 2.91. The van der Waals surface area contributed by atoms with E-state index in [9.17, 15) is 9.59 Å². The quantitative estimate of drug-likeness (QED) is 0.137. The highest BCUT2D eigenvalue weighted by molar-refractivity contribution is 6.74. The number of carbonyl (C=O) groups excluding carboxylic acids is 2. The van der Waals surface area contributed by atoms with Crippen molar-refractivity contribution in [3.05, 3.63) is 42.5 Å². The lowest BCUT2D eigenvalue weighted by atomic mass is 10.1. The minimum atomic E-state index is -1.96. The van der Waals surface area contributed by atoms with Gasteiger partial charge in [0.1, 0.15) is 6.61 Å². The second-order valence-electron chi connectivity index (χ2n) is 10.6. The van der Waals surface area contributed by atoms with Crippen molar-refractivity contribution in [3.63, 3.8) is 0 Å². The smallest absolute Gasteiger partial charge is 0.306 e. The van der Waals surface area contributed by atoms with Gasteiger partial charge >= 0.3 is 5.97 Å². The largest absolute Gasteiger partial charge is 0.493 e. The molecule has 1 amide bonds. The van der Waals surface area contributed by atoms with E-state index in [0.29, 0.717) is 48.7 Å². The first-order valence-electron chi connectivity index (χ1n) is 12.3. The monoisotopic (exact) mass is 518 g/mol. The van der Waals surface area contributed by atoms with Crippen LogP contribution in [0.3, 0.4) is 0 Å². The molecule has 0 aromatic heterocycles. The first-order valence-corrected chi connectivity index (χ1v) is 15.2. The van der Waals surface area contributed by atoms with Crippen molar-refractivity contribution in [2.75, 3.05) is 39.2 Å². The van der Waals surface area contributed by atoms with E-state index in [0.717, 1.165) is 5.57 Å². The van der Waals surface area contributed by atoms with Crippen LogP contribution in [0.5, 0.6) is 11.5 Å². The standard InChI is InChI=1S/C27H42N2O6Si/c1-9-12-34-25(30)11-10-13-33-24-16-22(28)21(15-23(24)32-6)26(31)29-17-19(2)14-20(29)18-35-36(7,8)27(3,4)5/h9,15-16,20H,1-2,10-14,17-18,28H2,3-8H3/t20-/m0/s1. The van der Waals surface area contributed by atoms with Crippen LogP contribution in [-0.4, -0.2) is 64.6 Å². The van der Waals surface area contributed by atoms with Crippen LogP contribution in [0.15, 0.2) is 36.9 Å². The van der Waals surface area contributed by atoms with Crippen LogP contribution in [0.2, 0.25) is 18.1 Å². The zero-order valence-electron chi connectivity index (χ0n) is 22.6. The van der Waals surface area contributed by atoms with Crippen LogP contribution < -0.4 is 15.2 Å². The average molecular weight is 519 g/mol. The van der Waals surface area contributed by atoms with Gasteiger partial charge in [0.15, 0.2) is 19.8 Å². The SMILES string of the molecule is C=CCOC(=O)CCCOc1cc(N)c(C(=O)N2CC(=C)C[C@H]2CO[Si](C)(C)C(C)(C)C)cc1OC. The third-order valence-corrected chi connectivity index (χ3v) is 11.3. The number of hydrogen-bond donors (Lipinski definition) is 1. The minimum absolute atomic E-state index is 0.0803. The summed E-state index contributed by atoms with van der Waals surface area (Å²) in [7, 11) is -0.457. The number of anilines is 1. The number of likely N-dealkylation sites (tertiary alicyclic amines) is 1. The van der Waals surface area contributed by atoms with Crippen LogP contribution in [0.1, 0.15) is 50.4 Å². The van der Waals surface area contributed by atoms with Crippen LogP contribution in [0.4, 0.5) is 5.69 Å². The summed E-state index contributed by atoms with van der Waals surface area (Å²) >= 11 is 0. The Balaban J connectivity index is 2.10. The van der Waals surface area contributed by atoms with Crippen LogP contribution in [0.25, 0.3) is 0 Å². The van der Waals surface area contributed by atoms with Crippen molar-refractivity contribution in [1.82, 2.24) is 4.90 Å². The summed E-state index contributed by atoms with van der Waals surface area (Å²) in [5.41, 5.74) is 7.92. The molecule has 36 heavy (non-hydrogen) atoms. The van der Waals surface area contributed by atoms with Gasteiger partial charge in [-0.15, -0.1) is 0 Å². The Morgan fingerprint density at radius 3 is 2.56 bits per heavy atom. The molecule has 2 rings (SSSR count). The zero-order chi connectivity index (χ0) is 27.1. The van der Waals surface area contributed by atoms with E-state index in [1.54, 1.807) is 17.0 Å². The Morgan fingerprint density at radius 1 is 1.25 bits per heavy atom. The maximum absolute atomic E-state index is 13.6. The molecular weight excluding hydrogens is 476 g/mol. The molecule has 8 nitrogen and oxygen atoms in total. The molecule has 1 fully saturated rings. The van der Waals surface area contributed by atoms with E-state index in [2.05, 4.69) is 47.0 Å². The molecule has 1 aromatic carbocycles. The van der Waals surface area contributed by atoms with E-state index in [1.165, 1.54) is 13.2 Å². The number of benzene rings is 1. The van der Waals surface area contributed by atoms with Crippen molar-refractivity contribution in [3.8, 4) is 11.5 Å². The summed E-state index contributed by atoms with van der Waals surface area (Å²) < 4.78 is 22.6. The molecule has 0 unspecified atom stereocenters. The molecule has 200 valence electrons. The molecule has 0 aliphatic carbocycles. The first kappa shape index (κ1) is 29.4. The molecule has 0 bridgehead atoms. The highest BCUT2D eigenvalue weighted by Gasteiger charge is 2.40. The lowest BCUT2D eigenvalue weighted by Crippen LogP contribution is -2.46. The molecule has 0 spiro atoms. The Kier molecular flexibility index (Phi) is 10.2. The van der Waals surface area contributed by atoms with Gasteiger partial charge < -0.3 is 29.3 Å². The van der Waals surface area contributed by atoms with Gasteiger partial charge in [-0.2, -0.15) is 0 Å². The van der Waals surface area contributed by atoms with Gasteiger partial charge in [0.2, 0.25) is 0 Å². The van der Waals surface area contributed by atoms with E-state index >= 15 is 0 Å². The highest BCUT2D eigenvalue weighted by atomic mass is 28.4. The number of methoxy groups -OCH3 is 1. The Labute approximate surface area is 216 Å². The molecule has 1 atom stereocenters. The fourth-order valence-electron chi connectivity index (χ4n) is 3.60. The van der Waals surface area contributed by atoms with E-state index in [4.69, 9.17) is 24.4 Å². The second kappa shape index (κ2) is 12.4. The lowest BCUT2D eigenvalue weighted by Gasteiger charge is -2.38. The van der Waals surface area contributed by atoms with Crippen LogP contribution >= 0.6 is 0 Å². The highest BCUT2D eigenvalue weighted by Crippen LogP contribution is 2.38. The average Bonchev–Trinajstić information content (AvgIpc) is 3.18. The summed E-state index contributed by atoms with van der Waals surface area (Å²) in [5.74, 6) is 0.304. The molecule has 1 saturated heterocycles. The minimum Gasteiger partial charge on any atom is -0.493 e. The van der Waals surface area contributed by atoms with Gasteiger partial charge in [0, 0.05) is 24.7 Å². The van der Waals surface area contributed by atoms with Gasteiger partial charge in [-0.1, -0.05) is 45.6 Å². The second-order valence-corrected chi connectivity index (χ2v) is 15.4. The maximum atomic E-state index is 13.6. The number of rotatable bonds is 12. The van der Waals surface area contributed by atoms with Crippen molar-refractivity contribution in [2.45, 2.75) is 64.2 Å². The Morgan fingerprint density at radius 2 is 1.94 bits per heavy atom. The van der Waals surface area contributed by atoms with Gasteiger partial charge in [-0.3, -0.25) is 9.59 Å². The van der Waals surface area contributed by atoms with Crippen molar-refractivity contribution in [1.29, 1.82) is 0 Å². The van der Waals surface area contributed by atoms with Crippen LogP contribution in [-0.2, 0) is 14.0 Å². The maximum Gasteiger partial charge on any atom is 0.306 e. The summed E-state index contributed by atoms with van der Waals surface area (Å²) in [4.78, 5) is 27.0. The number of nitrogens with two attached hydrogens (primary N) is 1. The Hall–Kier alpha value is -2.78. The zero-order valence-corrected chi connectivity index (χ0v) is 23.6. The molecule has 0 radical (unpaired) electrons.